The summed E-state index contributed by atoms with van der Waals surface area (Å²) in [4.78, 5) is 4.61. The van der Waals surface area contributed by atoms with Gasteiger partial charge in [0.15, 0.2) is 0 Å². The fourth-order valence-corrected chi connectivity index (χ4v) is 2.59. The number of aryl methyl sites for hydroxylation is 2. The maximum Gasteiger partial charge on any atom is 0.142 e. The molecular formula is C15H13ClN2O. The van der Waals surface area contributed by atoms with E-state index in [1.807, 2.05) is 23.7 Å². The van der Waals surface area contributed by atoms with Crippen molar-refractivity contribution in [3.05, 3.63) is 47.0 Å². The van der Waals surface area contributed by atoms with E-state index < -0.39 is 0 Å². The zero-order chi connectivity index (χ0) is 13.6. The van der Waals surface area contributed by atoms with Crippen molar-refractivity contribution in [1.82, 2.24) is 9.55 Å². The van der Waals surface area contributed by atoms with Crippen molar-refractivity contribution in [2.75, 3.05) is 0 Å². The van der Waals surface area contributed by atoms with Gasteiger partial charge in [-0.05, 0) is 36.8 Å². The van der Waals surface area contributed by atoms with Gasteiger partial charge in [0.1, 0.15) is 11.6 Å². The largest absolute Gasteiger partial charge is 0.508 e. The normalized spacial score (nSPS) is 11.1. The maximum atomic E-state index is 9.62. The first-order valence-electron chi connectivity index (χ1n) is 5.99. The molecule has 0 unspecified atom stereocenters. The molecule has 0 radical (unpaired) electrons. The van der Waals surface area contributed by atoms with Crippen molar-refractivity contribution >= 4 is 22.6 Å². The number of hydrogen-bond donors (Lipinski definition) is 1. The van der Waals surface area contributed by atoms with Crippen LogP contribution in [0.4, 0.5) is 0 Å². The summed E-state index contributed by atoms with van der Waals surface area (Å²) in [6.45, 7) is 2.05. The summed E-state index contributed by atoms with van der Waals surface area (Å²) in [5, 5.41) is 10.2. The standard InChI is InChI=1S/C15H13ClN2O/c1-9-4-3-5-13-14(9)18(2)15(17-13)11-8-10(19)6-7-12(11)16/h3-8,19H,1-2H3. The third-order valence-electron chi connectivity index (χ3n) is 3.29. The predicted molar refractivity (Wildman–Crippen MR) is 77.6 cm³/mol. The molecule has 0 fully saturated rings. The zero-order valence-corrected chi connectivity index (χ0v) is 11.4. The van der Waals surface area contributed by atoms with Crippen LogP contribution in [0.5, 0.6) is 5.75 Å². The Kier molecular flexibility index (Phi) is 2.72. The fourth-order valence-electron chi connectivity index (χ4n) is 2.39. The Balaban J connectivity index is 2.34. The lowest BCUT2D eigenvalue weighted by Crippen LogP contribution is -1.94. The molecule has 96 valence electrons. The van der Waals surface area contributed by atoms with Crippen LogP contribution in [-0.4, -0.2) is 14.7 Å². The zero-order valence-electron chi connectivity index (χ0n) is 10.7. The highest BCUT2D eigenvalue weighted by molar-refractivity contribution is 6.33. The molecule has 0 amide bonds. The fraction of sp³-hybridized carbons (Fsp3) is 0.133. The van der Waals surface area contributed by atoms with Crippen LogP contribution < -0.4 is 0 Å². The number of halogens is 1. The quantitative estimate of drug-likeness (QED) is 0.729. The molecule has 0 atom stereocenters. The van der Waals surface area contributed by atoms with Crippen molar-refractivity contribution in [1.29, 1.82) is 0 Å². The third kappa shape index (κ3) is 1.87. The number of para-hydroxylation sites is 1. The van der Waals surface area contributed by atoms with Gasteiger partial charge in [0, 0.05) is 12.6 Å². The SMILES string of the molecule is Cc1cccc2nc(-c3cc(O)ccc3Cl)n(C)c12. The molecule has 1 heterocycles. The molecule has 0 aliphatic carbocycles. The Hall–Kier alpha value is -2.00. The number of phenols is 1. The second-order valence-electron chi connectivity index (χ2n) is 4.60. The lowest BCUT2D eigenvalue weighted by atomic mass is 10.2. The van der Waals surface area contributed by atoms with Crippen LogP contribution in [0.2, 0.25) is 5.02 Å². The van der Waals surface area contributed by atoms with E-state index in [0.29, 0.717) is 5.02 Å². The molecule has 0 spiro atoms. The molecule has 2 aromatic carbocycles. The van der Waals surface area contributed by atoms with Crippen molar-refractivity contribution < 1.29 is 5.11 Å². The van der Waals surface area contributed by atoms with E-state index in [1.165, 1.54) is 0 Å². The summed E-state index contributed by atoms with van der Waals surface area (Å²) in [7, 11) is 1.96. The number of benzene rings is 2. The minimum atomic E-state index is 0.183. The van der Waals surface area contributed by atoms with Gasteiger partial charge >= 0.3 is 0 Å². The molecule has 0 saturated heterocycles. The predicted octanol–water partition coefficient (Wildman–Crippen LogP) is 3.91. The summed E-state index contributed by atoms with van der Waals surface area (Å²) < 4.78 is 2.01. The molecule has 3 rings (SSSR count). The first-order chi connectivity index (χ1) is 9.08. The number of nitrogens with zero attached hydrogens (tertiary/aromatic N) is 2. The number of phenolic OH excluding ortho intramolecular Hbond substituents is 1. The number of hydrogen-bond acceptors (Lipinski definition) is 2. The van der Waals surface area contributed by atoms with Gasteiger partial charge in [0.2, 0.25) is 0 Å². The number of rotatable bonds is 1. The Morgan fingerprint density at radius 2 is 2.00 bits per heavy atom. The highest BCUT2D eigenvalue weighted by atomic mass is 35.5. The summed E-state index contributed by atoms with van der Waals surface area (Å²) in [5.41, 5.74) is 3.91. The Morgan fingerprint density at radius 3 is 2.74 bits per heavy atom. The molecule has 1 aromatic heterocycles. The van der Waals surface area contributed by atoms with Crippen LogP contribution in [-0.2, 0) is 7.05 Å². The smallest absolute Gasteiger partial charge is 0.142 e. The van der Waals surface area contributed by atoms with E-state index in [0.717, 1.165) is 28.0 Å². The monoisotopic (exact) mass is 272 g/mol. The average Bonchev–Trinajstić information content (AvgIpc) is 2.71. The van der Waals surface area contributed by atoms with Gasteiger partial charge in [-0.2, -0.15) is 0 Å². The van der Waals surface area contributed by atoms with Gasteiger partial charge in [-0.25, -0.2) is 4.98 Å². The highest BCUT2D eigenvalue weighted by Crippen LogP contribution is 2.32. The molecule has 0 aliphatic heterocycles. The van der Waals surface area contributed by atoms with Crippen LogP contribution in [0.25, 0.3) is 22.4 Å². The van der Waals surface area contributed by atoms with Crippen molar-refractivity contribution in [3.63, 3.8) is 0 Å². The number of aromatic nitrogens is 2. The van der Waals surface area contributed by atoms with E-state index >= 15 is 0 Å². The number of imidazole rings is 1. The number of fused-ring (bicyclic) bond motifs is 1. The maximum absolute atomic E-state index is 9.62. The Morgan fingerprint density at radius 1 is 1.21 bits per heavy atom. The van der Waals surface area contributed by atoms with Crippen molar-refractivity contribution in [3.8, 4) is 17.1 Å². The molecular weight excluding hydrogens is 260 g/mol. The van der Waals surface area contributed by atoms with Crippen LogP contribution in [0, 0.1) is 6.92 Å². The number of aromatic hydroxyl groups is 1. The van der Waals surface area contributed by atoms with Crippen LogP contribution in [0.1, 0.15) is 5.56 Å². The van der Waals surface area contributed by atoms with E-state index in [2.05, 4.69) is 18.0 Å². The van der Waals surface area contributed by atoms with Gasteiger partial charge in [0.25, 0.3) is 0 Å². The van der Waals surface area contributed by atoms with Crippen LogP contribution in [0.15, 0.2) is 36.4 Å². The molecule has 19 heavy (non-hydrogen) atoms. The van der Waals surface area contributed by atoms with E-state index in [1.54, 1.807) is 18.2 Å². The first-order valence-corrected chi connectivity index (χ1v) is 6.36. The molecule has 3 aromatic rings. The summed E-state index contributed by atoms with van der Waals surface area (Å²) in [5.74, 6) is 0.938. The van der Waals surface area contributed by atoms with Crippen molar-refractivity contribution in [2.24, 2.45) is 7.05 Å². The van der Waals surface area contributed by atoms with E-state index in [-0.39, 0.29) is 5.75 Å². The van der Waals surface area contributed by atoms with Gasteiger partial charge in [-0.1, -0.05) is 23.7 Å². The van der Waals surface area contributed by atoms with E-state index in [4.69, 9.17) is 11.6 Å². The minimum Gasteiger partial charge on any atom is -0.508 e. The van der Waals surface area contributed by atoms with Gasteiger partial charge < -0.3 is 9.67 Å². The molecule has 0 aliphatic rings. The summed E-state index contributed by atoms with van der Waals surface area (Å²) in [6.07, 6.45) is 0. The van der Waals surface area contributed by atoms with Gasteiger partial charge in [0.05, 0.1) is 16.1 Å². The first kappa shape index (κ1) is 12.1. The lowest BCUT2D eigenvalue weighted by molar-refractivity contribution is 0.475. The Labute approximate surface area is 116 Å². The third-order valence-corrected chi connectivity index (χ3v) is 3.62. The molecule has 1 N–H and O–H groups in total. The van der Waals surface area contributed by atoms with Gasteiger partial charge in [-0.3, -0.25) is 0 Å². The second-order valence-corrected chi connectivity index (χ2v) is 5.01. The van der Waals surface area contributed by atoms with Crippen molar-refractivity contribution in [2.45, 2.75) is 6.92 Å². The molecule has 0 saturated carbocycles. The van der Waals surface area contributed by atoms with E-state index in [9.17, 15) is 5.11 Å². The van der Waals surface area contributed by atoms with Crippen LogP contribution >= 0.6 is 11.6 Å². The molecule has 3 nitrogen and oxygen atoms in total. The topological polar surface area (TPSA) is 38.1 Å². The van der Waals surface area contributed by atoms with Gasteiger partial charge in [-0.15, -0.1) is 0 Å². The Bertz CT molecular complexity index is 777. The molecule has 4 heteroatoms. The minimum absolute atomic E-state index is 0.183. The lowest BCUT2D eigenvalue weighted by Gasteiger charge is -2.06. The molecule has 0 bridgehead atoms. The summed E-state index contributed by atoms with van der Waals surface area (Å²) in [6, 6.07) is 10.9. The average molecular weight is 273 g/mol. The van der Waals surface area contributed by atoms with Crippen LogP contribution in [0.3, 0.4) is 0 Å². The highest BCUT2D eigenvalue weighted by Gasteiger charge is 2.14. The second kappa shape index (κ2) is 4.28. The summed E-state index contributed by atoms with van der Waals surface area (Å²) >= 11 is 6.21.